The van der Waals surface area contributed by atoms with Crippen LogP contribution in [0, 0.1) is 0 Å². The summed E-state index contributed by atoms with van der Waals surface area (Å²) >= 11 is 0. The van der Waals surface area contributed by atoms with E-state index >= 15 is 0 Å². The highest BCUT2D eigenvalue weighted by atomic mass is 14.9. The summed E-state index contributed by atoms with van der Waals surface area (Å²) in [4.78, 5) is 0. The van der Waals surface area contributed by atoms with E-state index in [-0.39, 0.29) is 0 Å². The van der Waals surface area contributed by atoms with Crippen molar-refractivity contribution in [3.8, 4) is 0 Å². The summed E-state index contributed by atoms with van der Waals surface area (Å²) in [6.07, 6.45) is 0. The lowest BCUT2D eigenvalue weighted by Gasteiger charge is -2.20. The van der Waals surface area contributed by atoms with E-state index in [9.17, 15) is 0 Å². The van der Waals surface area contributed by atoms with Crippen molar-refractivity contribution in [2.75, 3.05) is 10.6 Å². The van der Waals surface area contributed by atoms with Crippen LogP contribution in [-0.4, -0.2) is 0 Å². The summed E-state index contributed by atoms with van der Waals surface area (Å²) in [6.45, 7) is 0. The topological polar surface area (TPSA) is 24.1 Å². The number of nitrogens with one attached hydrogen (secondary N) is 2. The number of hydrogen-bond acceptors (Lipinski definition) is 2. The Morgan fingerprint density at radius 2 is 0.583 bits per heavy atom. The summed E-state index contributed by atoms with van der Waals surface area (Å²) in [5, 5.41) is 17.3. The molecule has 0 unspecified atom stereocenters. The van der Waals surface area contributed by atoms with Gasteiger partial charge in [0.1, 0.15) is 0 Å². The van der Waals surface area contributed by atoms with Crippen LogP contribution in [0.3, 0.4) is 0 Å². The molecule has 0 aromatic heterocycles. The summed E-state index contributed by atoms with van der Waals surface area (Å²) in [5.41, 5.74) is 4.47. The molecule has 2 nitrogen and oxygen atoms in total. The van der Waals surface area contributed by atoms with Gasteiger partial charge in [0.15, 0.2) is 0 Å². The van der Waals surface area contributed by atoms with Gasteiger partial charge in [-0.05, 0) is 22.9 Å². The van der Waals surface area contributed by atoms with Gasteiger partial charge in [-0.25, -0.2) is 0 Å². The van der Waals surface area contributed by atoms with E-state index in [0.717, 1.165) is 22.7 Å². The Morgan fingerprint density at radius 3 is 0.972 bits per heavy atom. The van der Waals surface area contributed by atoms with Gasteiger partial charge in [0.2, 0.25) is 0 Å². The van der Waals surface area contributed by atoms with Crippen molar-refractivity contribution in [3.05, 3.63) is 133 Å². The molecule has 7 aromatic carbocycles. The molecule has 0 spiro atoms. The normalized spacial score (nSPS) is 11.3. The van der Waals surface area contributed by atoms with Crippen LogP contribution in [0.25, 0.3) is 43.1 Å². The first-order valence-corrected chi connectivity index (χ1v) is 12.3. The molecule has 2 heteroatoms. The number of fused-ring (bicyclic) bond motifs is 4. The average molecular weight is 461 g/mol. The first-order valence-electron chi connectivity index (χ1n) is 12.3. The second-order valence-corrected chi connectivity index (χ2v) is 9.14. The molecule has 36 heavy (non-hydrogen) atoms. The lowest BCUT2D eigenvalue weighted by Crippen LogP contribution is -1.99. The largest absolute Gasteiger partial charge is 0.354 e. The second-order valence-electron chi connectivity index (χ2n) is 9.14. The molecule has 2 N–H and O–H groups in total. The lowest BCUT2D eigenvalue weighted by atomic mass is 9.97. The Morgan fingerprint density at radius 1 is 0.278 bits per heavy atom. The van der Waals surface area contributed by atoms with Crippen LogP contribution in [0.2, 0.25) is 0 Å². The Balaban J connectivity index is 1.47. The van der Waals surface area contributed by atoms with Gasteiger partial charge >= 0.3 is 0 Å². The molecule has 0 amide bonds. The molecule has 0 radical (unpaired) electrons. The Kier molecular flexibility index (Phi) is 4.82. The molecule has 0 aliphatic carbocycles. The minimum atomic E-state index is 1.11. The van der Waals surface area contributed by atoms with Crippen molar-refractivity contribution >= 4 is 65.8 Å². The molecule has 0 aliphatic rings. The Hall–Kier alpha value is -4.82. The third-order valence-corrected chi connectivity index (χ3v) is 7.03. The Bertz CT molecular complexity index is 1690. The van der Waals surface area contributed by atoms with Crippen LogP contribution >= 0.6 is 0 Å². The fourth-order valence-electron chi connectivity index (χ4n) is 5.34. The fraction of sp³-hybridized carbons (Fsp3) is 0. The molecule has 7 rings (SSSR count). The predicted octanol–water partition coefficient (Wildman–Crippen LogP) is 9.79. The number of rotatable bonds is 4. The van der Waals surface area contributed by atoms with Gasteiger partial charge in [0.25, 0.3) is 0 Å². The van der Waals surface area contributed by atoms with Crippen molar-refractivity contribution in [1.29, 1.82) is 0 Å². The van der Waals surface area contributed by atoms with Gasteiger partial charge in [-0.2, -0.15) is 0 Å². The molecule has 0 fully saturated rings. The Labute approximate surface area is 209 Å². The minimum Gasteiger partial charge on any atom is -0.354 e. The number of anilines is 4. The molecular formula is C34H24N2. The summed E-state index contributed by atoms with van der Waals surface area (Å²) in [5.74, 6) is 0. The van der Waals surface area contributed by atoms with E-state index in [1.54, 1.807) is 0 Å². The third kappa shape index (κ3) is 3.35. The van der Waals surface area contributed by atoms with Crippen molar-refractivity contribution in [2.24, 2.45) is 0 Å². The van der Waals surface area contributed by atoms with E-state index in [0.29, 0.717) is 0 Å². The van der Waals surface area contributed by atoms with Crippen LogP contribution in [0.5, 0.6) is 0 Å². The van der Waals surface area contributed by atoms with Gasteiger partial charge in [-0.15, -0.1) is 0 Å². The highest BCUT2D eigenvalue weighted by Crippen LogP contribution is 2.43. The van der Waals surface area contributed by atoms with E-state index in [1.165, 1.54) is 43.1 Å². The van der Waals surface area contributed by atoms with Crippen LogP contribution in [-0.2, 0) is 0 Å². The minimum absolute atomic E-state index is 1.11. The maximum absolute atomic E-state index is 3.83. The standard InChI is InChI=1S/C34H24N2/c1-3-15-25-23(11-1)13-9-21-31(25)35-33-27-17-5-7-19-29(27)34(30-20-8-6-18-28(30)33)36-32-22-10-14-24-12-2-4-16-26(24)32/h1-22,35-36H. The lowest BCUT2D eigenvalue weighted by molar-refractivity contribution is 1.60. The number of hydrogen-bond donors (Lipinski definition) is 2. The monoisotopic (exact) mass is 460 g/mol. The number of benzene rings is 7. The molecule has 0 saturated carbocycles. The summed E-state index contributed by atoms with van der Waals surface area (Å²) in [6, 6.07) is 47.2. The van der Waals surface area contributed by atoms with Gasteiger partial charge in [0, 0.05) is 43.7 Å². The van der Waals surface area contributed by atoms with E-state index in [4.69, 9.17) is 0 Å². The zero-order valence-electron chi connectivity index (χ0n) is 19.7. The van der Waals surface area contributed by atoms with Crippen LogP contribution in [0.1, 0.15) is 0 Å². The van der Waals surface area contributed by atoms with Gasteiger partial charge in [-0.3, -0.25) is 0 Å². The van der Waals surface area contributed by atoms with Crippen LogP contribution in [0.15, 0.2) is 133 Å². The zero-order chi connectivity index (χ0) is 23.9. The molecule has 0 saturated heterocycles. The molecular weight excluding hydrogens is 436 g/mol. The third-order valence-electron chi connectivity index (χ3n) is 7.03. The molecule has 0 aliphatic heterocycles. The molecule has 170 valence electrons. The summed E-state index contributed by atoms with van der Waals surface area (Å²) in [7, 11) is 0. The summed E-state index contributed by atoms with van der Waals surface area (Å²) < 4.78 is 0. The molecule has 7 aromatic rings. The van der Waals surface area contributed by atoms with Gasteiger partial charge in [-0.1, -0.05) is 121 Å². The van der Waals surface area contributed by atoms with Crippen molar-refractivity contribution in [2.45, 2.75) is 0 Å². The maximum atomic E-state index is 3.83. The van der Waals surface area contributed by atoms with Crippen molar-refractivity contribution in [3.63, 3.8) is 0 Å². The van der Waals surface area contributed by atoms with Crippen LogP contribution < -0.4 is 10.6 Å². The van der Waals surface area contributed by atoms with Gasteiger partial charge in [0.05, 0.1) is 11.4 Å². The van der Waals surface area contributed by atoms with Crippen molar-refractivity contribution in [1.82, 2.24) is 0 Å². The predicted molar refractivity (Wildman–Crippen MR) is 156 cm³/mol. The SMILES string of the molecule is c1ccc2c(Nc3c4ccccc4c(Nc4cccc5ccccc45)c4ccccc34)cccc2c1. The maximum Gasteiger partial charge on any atom is 0.0545 e. The fourth-order valence-corrected chi connectivity index (χ4v) is 5.34. The van der Waals surface area contributed by atoms with Crippen LogP contribution in [0.4, 0.5) is 22.7 Å². The van der Waals surface area contributed by atoms with Gasteiger partial charge < -0.3 is 10.6 Å². The first-order chi connectivity index (χ1) is 17.9. The first kappa shape index (κ1) is 20.5. The van der Waals surface area contributed by atoms with E-state index in [2.05, 4.69) is 144 Å². The highest BCUT2D eigenvalue weighted by molar-refractivity contribution is 6.22. The van der Waals surface area contributed by atoms with E-state index < -0.39 is 0 Å². The van der Waals surface area contributed by atoms with Crippen molar-refractivity contribution < 1.29 is 0 Å². The second kappa shape index (κ2) is 8.44. The molecule has 0 heterocycles. The smallest absolute Gasteiger partial charge is 0.0545 e. The van der Waals surface area contributed by atoms with E-state index in [1.807, 2.05) is 0 Å². The average Bonchev–Trinajstić information content (AvgIpc) is 2.95. The highest BCUT2D eigenvalue weighted by Gasteiger charge is 2.15. The molecule has 0 bridgehead atoms. The molecule has 0 atom stereocenters. The zero-order valence-corrected chi connectivity index (χ0v) is 19.7. The quantitative estimate of drug-likeness (QED) is 0.202.